The molecule has 1 saturated carbocycles. The molecule has 3 rings (SSSR count). The number of hydrogen-bond acceptors (Lipinski definition) is 4. The van der Waals surface area contributed by atoms with Crippen LogP contribution in [0.5, 0.6) is 0 Å². The van der Waals surface area contributed by atoms with Crippen molar-refractivity contribution in [1.82, 2.24) is 15.1 Å². The van der Waals surface area contributed by atoms with Crippen molar-refractivity contribution in [2.75, 3.05) is 20.1 Å². The number of likely N-dealkylation sites (N-methyl/N-ethyl adjacent to an activating group) is 1. The molecule has 0 aromatic heterocycles. The van der Waals surface area contributed by atoms with Crippen LogP contribution in [0.15, 0.2) is 24.3 Å². The van der Waals surface area contributed by atoms with E-state index in [-0.39, 0.29) is 23.7 Å². The third-order valence-electron chi connectivity index (χ3n) is 6.58. The van der Waals surface area contributed by atoms with Crippen LogP contribution in [0, 0.1) is 23.6 Å². The van der Waals surface area contributed by atoms with Gasteiger partial charge in [0.25, 0.3) is 0 Å². The van der Waals surface area contributed by atoms with E-state index in [1.54, 1.807) is 7.05 Å². The highest BCUT2D eigenvalue weighted by Crippen LogP contribution is 2.39. The maximum atomic E-state index is 13.2. The molecule has 6 nitrogen and oxygen atoms in total. The number of benzene rings is 1. The Labute approximate surface area is 191 Å². The number of carbonyl (C=O) groups is 2. The number of ether oxygens (including phenoxy) is 1. The first-order valence-corrected chi connectivity index (χ1v) is 11.7. The SMILES string of the molecule is CC(C)C(C(=O)N[C@@H]1CC[C@H]2CN(Cc3ccc(F)cc3)C[C@H]21)N(C)C(=O)OC(C)(C)C. The van der Waals surface area contributed by atoms with E-state index in [0.29, 0.717) is 11.8 Å². The van der Waals surface area contributed by atoms with Gasteiger partial charge in [0.15, 0.2) is 0 Å². The Morgan fingerprint density at radius 2 is 1.84 bits per heavy atom. The van der Waals surface area contributed by atoms with Crippen LogP contribution in [0.3, 0.4) is 0 Å². The minimum atomic E-state index is -0.611. The normalized spacial score (nSPS) is 24.3. The molecule has 0 spiro atoms. The van der Waals surface area contributed by atoms with E-state index >= 15 is 0 Å². The molecule has 0 bridgehead atoms. The van der Waals surface area contributed by atoms with Gasteiger partial charge >= 0.3 is 6.09 Å². The molecule has 1 aromatic carbocycles. The van der Waals surface area contributed by atoms with Crippen molar-refractivity contribution >= 4 is 12.0 Å². The van der Waals surface area contributed by atoms with Crippen LogP contribution >= 0.6 is 0 Å². The zero-order valence-corrected chi connectivity index (χ0v) is 20.2. The molecule has 1 aromatic rings. The molecular weight excluding hydrogens is 409 g/mol. The summed E-state index contributed by atoms with van der Waals surface area (Å²) < 4.78 is 18.7. The lowest BCUT2D eigenvalue weighted by Gasteiger charge is -2.33. The molecule has 32 heavy (non-hydrogen) atoms. The first-order valence-electron chi connectivity index (χ1n) is 11.7. The number of nitrogens with one attached hydrogen (secondary N) is 1. The molecule has 1 N–H and O–H groups in total. The van der Waals surface area contributed by atoms with Gasteiger partial charge in [-0.2, -0.15) is 0 Å². The summed E-state index contributed by atoms with van der Waals surface area (Å²) in [7, 11) is 1.63. The lowest BCUT2D eigenvalue weighted by atomic mass is 9.96. The Bertz CT molecular complexity index is 806. The van der Waals surface area contributed by atoms with Gasteiger partial charge in [-0.05, 0) is 69.1 Å². The van der Waals surface area contributed by atoms with Gasteiger partial charge in [-0.3, -0.25) is 14.6 Å². The van der Waals surface area contributed by atoms with Crippen molar-refractivity contribution in [2.24, 2.45) is 17.8 Å². The summed E-state index contributed by atoms with van der Waals surface area (Å²) in [6.45, 7) is 12.1. The lowest BCUT2D eigenvalue weighted by molar-refractivity contribution is -0.128. The molecular formula is C25H38FN3O3. The zero-order chi connectivity index (χ0) is 23.6. The largest absolute Gasteiger partial charge is 0.444 e. The number of halogens is 1. The average Bonchev–Trinajstić information content (AvgIpc) is 3.23. The Hall–Kier alpha value is -2.15. The van der Waals surface area contributed by atoms with Crippen LogP contribution in [0.25, 0.3) is 0 Å². The monoisotopic (exact) mass is 447 g/mol. The molecule has 2 aliphatic rings. The van der Waals surface area contributed by atoms with Gasteiger partial charge in [-0.15, -0.1) is 0 Å². The van der Waals surface area contributed by atoms with E-state index < -0.39 is 17.7 Å². The van der Waals surface area contributed by atoms with E-state index in [1.165, 1.54) is 17.0 Å². The smallest absolute Gasteiger partial charge is 0.410 e. The van der Waals surface area contributed by atoms with Crippen molar-refractivity contribution in [3.05, 3.63) is 35.6 Å². The van der Waals surface area contributed by atoms with Crippen LogP contribution < -0.4 is 5.32 Å². The summed E-state index contributed by atoms with van der Waals surface area (Å²) in [5.41, 5.74) is 0.491. The minimum absolute atomic E-state index is 0.0386. The van der Waals surface area contributed by atoms with Gasteiger partial charge < -0.3 is 10.1 Å². The predicted molar refractivity (Wildman–Crippen MR) is 122 cm³/mol. The summed E-state index contributed by atoms with van der Waals surface area (Å²) in [6.07, 6.45) is 1.57. The van der Waals surface area contributed by atoms with Crippen LogP contribution in [0.4, 0.5) is 9.18 Å². The first-order chi connectivity index (χ1) is 14.9. The lowest BCUT2D eigenvalue weighted by Crippen LogP contribution is -2.54. The number of fused-ring (bicyclic) bond motifs is 1. The van der Waals surface area contributed by atoms with Crippen molar-refractivity contribution in [1.29, 1.82) is 0 Å². The molecule has 7 heteroatoms. The van der Waals surface area contributed by atoms with Crippen LogP contribution in [0.2, 0.25) is 0 Å². The highest BCUT2D eigenvalue weighted by atomic mass is 19.1. The van der Waals surface area contributed by atoms with Crippen molar-refractivity contribution in [3.63, 3.8) is 0 Å². The van der Waals surface area contributed by atoms with Crippen molar-refractivity contribution in [2.45, 2.75) is 71.7 Å². The Balaban J connectivity index is 1.60. The fraction of sp³-hybridized carbons (Fsp3) is 0.680. The third-order valence-corrected chi connectivity index (χ3v) is 6.58. The summed E-state index contributed by atoms with van der Waals surface area (Å²) in [6, 6.07) is 6.20. The standard InChI is InChI=1S/C25H38FN3O3/c1-16(2)22(28(6)24(31)32-25(3,4)5)23(30)27-21-12-9-18-14-29(15-20(18)21)13-17-7-10-19(26)11-8-17/h7-8,10-11,16,18,20-22H,9,12-15H2,1-6H3,(H,27,30)/t18-,20+,21+,22?/m0/s1. The second kappa shape index (κ2) is 9.77. The summed E-state index contributed by atoms with van der Waals surface area (Å²) in [5, 5.41) is 3.26. The summed E-state index contributed by atoms with van der Waals surface area (Å²) in [4.78, 5) is 29.6. The van der Waals surface area contributed by atoms with Gasteiger partial charge in [0.05, 0.1) is 0 Å². The highest BCUT2D eigenvalue weighted by molar-refractivity contribution is 5.86. The number of amides is 2. The van der Waals surface area contributed by atoms with Gasteiger partial charge in [-0.1, -0.05) is 26.0 Å². The molecule has 2 amide bonds. The number of carbonyl (C=O) groups excluding carboxylic acids is 2. The van der Waals surface area contributed by atoms with Gasteiger partial charge in [0, 0.05) is 32.7 Å². The molecule has 1 saturated heterocycles. The minimum Gasteiger partial charge on any atom is -0.444 e. The van der Waals surface area contributed by atoms with Crippen LogP contribution in [-0.2, 0) is 16.1 Å². The number of likely N-dealkylation sites (tertiary alicyclic amines) is 1. The molecule has 1 aliphatic heterocycles. The topological polar surface area (TPSA) is 61.9 Å². The predicted octanol–water partition coefficient (Wildman–Crippen LogP) is 4.04. The fourth-order valence-corrected chi connectivity index (χ4v) is 5.16. The summed E-state index contributed by atoms with van der Waals surface area (Å²) in [5.74, 6) is 0.589. The van der Waals surface area contributed by atoms with E-state index in [4.69, 9.17) is 4.74 Å². The zero-order valence-electron chi connectivity index (χ0n) is 20.2. The van der Waals surface area contributed by atoms with E-state index in [9.17, 15) is 14.0 Å². The Morgan fingerprint density at radius 1 is 1.19 bits per heavy atom. The van der Waals surface area contributed by atoms with E-state index in [2.05, 4.69) is 10.2 Å². The highest BCUT2D eigenvalue weighted by Gasteiger charge is 2.44. The molecule has 0 radical (unpaired) electrons. The molecule has 1 unspecified atom stereocenters. The number of hydrogen-bond donors (Lipinski definition) is 1. The molecule has 4 atom stereocenters. The first kappa shape index (κ1) is 24.5. The fourth-order valence-electron chi connectivity index (χ4n) is 5.16. The number of rotatable bonds is 6. The number of nitrogens with zero attached hydrogens (tertiary/aromatic N) is 2. The maximum absolute atomic E-state index is 13.2. The molecule has 1 heterocycles. The maximum Gasteiger partial charge on any atom is 0.410 e. The summed E-state index contributed by atoms with van der Waals surface area (Å²) >= 11 is 0. The van der Waals surface area contributed by atoms with Crippen LogP contribution in [-0.4, -0.2) is 59.6 Å². The molecule has 1 aliphatic carbocycles. The van der Waals surface area contributed by atoms with E-state index in [0.717, 1.165) is 38.0 Å². The average molecular weight is 448 g/mol. The Morgan fingerprint density at radius 3 is 2.44 bits per heavy atom. The van der Waals surface area contributed by atoms with Gasteiger partial charge in [0.1, 0.15) is 17.5 Å². The quantitative estimate of drug-likeness (QED) is 0.715. The van der Waals surface area contributed by atoms with Gasteiger partial charge in [-0.25, -0.2) is 9.18 Å². The second-order valence-corrected chi connectivity index (χ2v) is 10.7. The van der Waals surface area contributed by atoms with Gasteiger partial charge in [0.2, 0.25) is 5.91 Å². The molecule has 178 valence electrons. The van der Waals surface area contributed by atoms with E-state index in [1.807, 2.05) is 46.8 Å². The second-order valence-electron chi connectivity index (χ2n) is 10.7. The third kappa shape index (κ3) is 6.00. The Kier molecular flexibility index (Phi) is 7.48. The van der Waals surface area contributed by atoms with Crippen molar-refractivity contribution < 1.29 is 18.7 Å². The van der Waals surface area contributed by atoms with Crippen LogP contribution in [0.1, 0.15) is 53.0 Å². The van der Waals surface area contributed by atoms with Crippen molar-refractivity contribution in [3.8, 4) is 0 Å². The molecule has 2 fully saturated rings.